The molecule has 5 rings (SSSR count). The van der Waals surface area contributed by atoms with Gasteiger partial charge in [-0.1, -0.05) is 42.5 Å². The van der Waals surface area contributed by atoms with Crippen molar-refractivity contribution in [1.82, 2.24) is 19.5 Å². The first-order valence-corrected chi connectivity index (χ1v) is 10.4. The topological polar surface area (TPSA) is 67.1 Å². The van der Waals surface area contributed by atoms with Gasteiger partial charge in [-0.2, -0.15) is 0 Å². The molecule has 1 fully saturated rings. The minimum absolute atomic E-state index is 0.198. The van der Waals surface area contributed by atoms with Crippen molar-refractivity contribution in [3.05, 3.63) is 72.8 Å². The minimum atomic E-state index is -0.533. The van der Waals surface area contributed by atoms with E-state index in [9.17, 15) is 5.11 Å². The number of aromatic nitrogens is 4. The van der Waals surface area contributed by atoms with Gasteiger partial charge < -0.3 is 14.6 Å². The molecule has 30 heavy (non-hydrogen) atoms. The van der Waals surface area contributed by atoms with E-state index in [2.05, 4.69) is 16.0 Å². The monoisotopic (exact) mass is 399 g/mol. The maximum absolute atomic E-state index is 10.8. The third-order valence-electron chi connectivity index (χ3n) is 6.02. The predicted octanol–water partition coefficient (Wildman–Crippen LogP) is 3.98. The highest BCUT2D eigenvalue weighted by Gasteiger charge is 2.29. The maximum Gasteiger partial charge on any atom is 0.162 e. The largest absolute Gasteiger partial charge is 0.385 e. The van der Waals surface area contributed by atoms with E-state index in [0.29, 0.717) is 0 Å². The summed E-state index contributed by atoms with van der Waals surface area (Å²) < 4.78 is 1.90. The molecular formula is C24H25N5O. The minimum Gasteiger partial charge on any atom is -0.385 e. The van der Waals surface area contributed by atoms with Gasteiger partial charge in [0.1, 0.15) is 17.7 Å². The molecule has 1 atom stereocenters. The van der Waals surface area contributed by atoms with E-state index in [0.717, 1.165) is 59.9 Å². The molecule has 3 heterocycles. The number of aliphatic hydroxyl groups excluding tert-OH is 1. The Hall–Kier alpha value is -3.25. The lowest BCUT2D eigenvalue weighted by molar-refractivity contribution is 0.0824. The molecule has 6 nitrogen and oxygen atoms in total. The number of piperidine rings is 1. The zero-order valence-electron chi connectivity index (χ0n) is 17.0. The summed E-state index contributed by atoms with van der Waals surface area (Å²) in [6, 6.07) is 18.3. The van der Waals surface area contributed by atoms with E-state index < -0.39 is 6.10 Å². The highest BCUT2D eigenvalue weighted by molar-refractivity contribution is 5.91. The van der Waals surface area contributed by atoms with Crippen LogP contribution in [0, 0.1) is 5.92 Å². The third-order valence-corrected chi connectivity index (χ3v) is 6.02. The molecule has 0 amide bonds. The Morgan fingerprint density at radius 3 is 2.43 bits per heavy atom. The summed E-state index contributed by atoms with van der Waals surface area (Å²) in [5, 5.41) is 11.9. The van der Waals surface area contributed by atoms with E-state index in [1.165, 1.54) is 0 Å². The number of aryl methyl sites for hydroxylation is 1. The van der Waals surface area contributed by atoms with Gasteiger partial charge >= 0.3 is 0 Å². The molecule has 1 unspecified atom stereocenters. The molecule has 4 aromatic rings. The summed E-state index contributed by atoms with van der Waals surface area (Å²) >= 11 is 0. The summed E-state index contributed by atoms with van der Waals surface area (Å²) in [6.45, 7) is 1.70. The first kappa shape index (κ1) is 18.8. The first-order valence-electron chi connectivity index (χ1n) is 10.4. The fourth-order valence-corrected chi connectivity index (χ4v) is 4.32. The average Bonchev–Trinajstić information content (AvgIpc) is 3.24. The van der Waals surface area contributed by atoms with Crippen LogP contribution in [0.15, 0.2) is 67.0 Å². The summed E-state index contributed by atoms with van der Waals surface area (Å²) in [7, 11) is 1.93. The number of fused-ring (bicyclic) bond motifs is 1. The molecular weight excluding hydrogens is 374 g/mol. The number of para-hydroxylation sites is 1. The van der Waals surface area contributed by atoms with Crippen molar-refractivity contribution < 1.29 is 5.11 Å². The number of hydrogen-bond acceptors (Lipinski definition) is 5. The number of anilines is 1. The van der Waals surface area contributed by atoms with Crippen molar-refractivity contribution in [2.45, 2.75) is 18.9 Å². The molecule has 0 spiro atoms. The summed E-state index contributed by atoms with van der Waals surface area (Å²) in [5.41, 5.74) is 1.97. The van der Waals surface area contributed by atoms with Gasteiger partial charge in [0, 0.05) is 43.5 Å². The number of nitrogens with zero attached hydrogens (tertiary/aromatic N) is 5. The van der Waals surface area contributed by atoms with Crippen molar-refractivity contribution in [3.63, 3.8) is 0 Å². The molecule has 0 aliphatic carbocycles. The van der Waals surface area contributed by atoms with Crippen LogP contribution in [0.4, 0.5) is 5.82 Å². The van der Waals surface area contributed by atoms with E-state index in [1.807, 2.05) is 66.3 Å². The lowest BCUT2D eigenvalue weighted by atomic mass is 9.90. The highest BCUT2D eigenvalue weighted by Crippen LogP contribution is 2.34. The van der Waals surface area contributed by atoms with Gasteiger partial charge in [0.05, 0.1) is 5.52 Å². The van der Waals surface area contributed by atoms with Crippen LogP contribution in [-0.4, -0.2) is 37.7 Å². The standard InChI is InChI=1S/C24H25N5O/c1-28-16-13-25-24(28)21(30)17-11-14-29(15-12-17)23-19-9-5-6-10-20(19)26-22(27-23)18-7-3-2-4-8-18/h2-10,13,16-17,21,30H,11-12,14-15H2,1H3. The van der Waals surface area contributed by atoms with Crippen LogP contribution in [0.3, 0.4) is 0 Å². The van der Waals surface area contributed by atoms with Crippen molar-refractivity contribution >= 4 is 16.7 Å². The van der Waals surface area contributed by atoms with E-state index >= 15 is 0 Å². The van der Waals surface area contributed by atoms with Crippen molar-refractivity contribution in [3.8, 4) is 11.4 Å². The molecule has 2 aromatic heterocycles. The second kappa shape index (κ2) is 7.88. The number of aliphatic hydroxyl groups is 1. The molecule has 0 radical (unpaired) electrons. The van der Waals surface area contributed by atoms with Crippen molar-refractivity contribution in [2.24, 2.45) is 13.0 Å². The summed E-state index contributed by atoms with van der Waals surface area (Å²) in [6.07, 6.45) is 4.88. The Morgan fingerprint density at radius 2 is 1.70 bits per heavy atom. The van der Waals surface area contributed by atoms with Crippen molar-refractivity contribution in [1.29, 1.82) is 0 Å². The molecule has 0 bridgehead atoms. The van der Waals surface area contributed by atoms with Crippen LogP contribution in [-0.2, 0) is 7.05 Å². The molecule has 1 aliphatic heterocycles. The van der Waals surface area contributed by atoms with Crippen LogP contribution in [0.5, 0.6) is 0 Å². The Kier molecular flexibility index (Phi) is 4.93. The number of rotatable bonds is 4. The first-order chi connectivity index (χ1) is 14.7. The van der Waals surface area contributed by atoms with E-state index in [4.69, 9.17) is 9.97 Å². The van der Waals surface area contributed by atoms with E-state index in [-0.39, 0.29) is 5.92 Å². The van der Waals surface area contributed by atoms with Gasteiger partial charge in [-0.25, -0.2) is 15.0 Å². The fraction of sp³-hybridized carbons (Fsp3) is 0.292. The van der Waals surface area contributed by atoms with Crippen LogP contribution < -0.4 is 4.90 Å². The van der Waals surface area contributed by atoms with Gasteiger partial charge in [-0.05, 0) is 30.9 Å². The fourth-order valence-electron chi connectivity index (χ4n) is 4.32. The van der Waals surface area contributed by atoms with Crippen LogP contribution in [0.1, 0.15) is 24.8 Å². The lowest BCUT2D eigenvalue weighted by Gasteiger charge is -2.35. The van der Waals surface area contributed by atoms with Crippen LogP contribution in [0.25, 0.3) is 22.3 Å². The van der Waals surface area contributed by atoms with Gasteiger partial charge in [0.25, 0.3) is 0 Å². The number of imidazole rings is 1. The van der Waals surface area contributed by atoms with Crippen molar-refractivity contribution in [2.75, 3.05) is 18.0 Å². The zero-order chi connectivity index (χ0) is 20.5. The SMILES string of the molecule is Cn1ccnc1C(O)C1CCN(c2nc(-c3ccccc3)nc3ccccc23)CC1. The summed E-state index contributed by atoms with van der Waals surface area (Å²) in [4.78, 5) is 16.4. The number of benzene rings is 2. The molecule has 1 saturated heterocycles. The Bertz CT molecular complexity index is 1150. The second-order valence-electron chi connectivity index (χ2n) is 7.92. The Morgan fingerprint density at radius 1 is 0.967 bits per heavy atom. The maximum atomic E-state index is 10.8. The molecule has 1 N–H and O–H groups in total. The average molecular weight is 399 g/mol. The molecule has 6 heteroatoms. The lowest BCUT2D eigenvalue weighted by Crippen LogP contribution is -2.36. The Labute approximate surface area is 175 Å². The van der Waals surface area contributed by atoms with Gasteiger partial charge in [-0.3, -0.25) is 0 Å². The van der Waals surface area contributed by atoms with Gasteiger partial charge in [0.2, 0.25) is 0 Å². The van der Waals surface area contributed by atoms with E-state index in [1.54, 1.807) is 6.20 Å². The molecule has 152 valence electrons. The normalized spacial score (nSPS) is 16.1. The van der Waals surface area contributed by atoms with Crippen LogP contribution >= 0.6 is 0 Å². The summed E-state index contributed by atoms with van der Waals surface area (Å²) in [5.74, 6) is 2.67. The predicted molar refractivity (Wildman–Crippen MR) is 118 cm³/mol. The van der Waals surface area contributed by atoms with Gasteiger partial charge in [0.15, 0.2) is 5.82 Å². The Balaban J connectivity index is 1.43. The highest BCUT2D eigenvalue weighted by atomic mass is 16.3. The molecule has 2 aromatic carbocycles. The van der Waals surface area contributed by atoms with Gasteiger partial charge in [-0.15, -0.1) is 0 Å². The molecule has 0 saturated carbocycles. The zero-order valence-corrected chi connectivity index (χ0v) is 17.0. The second-order valence-corrected chi connectivity index (χ2v) is 7.92. The quantitative estimate of drug-likeness (QED) is 0.562. The number of hydrogen-bond donors (Lipinski definition) is 1. The smallest absolute Gasteiger partial charge is 0.162 e. The third kappa shape index (κ3) is 3.44. The molecule has 1 aliphatic rings. The van der Waals surface area contributed by atoms with Crippen LogP contribution in [0.2, 0.25) is 0 Å².